The van der Waals surface area contributed by atoms with Gasteiger partial charge in [-0.1, -0.05) is 107 Å². The van der Waals surface area contributed by atoms with E-state index in [1.807, 2.05) is 42.5 Å². The number of ether oxygens (including phenoxy) is 2. The van der Waals surface area contributed by atoms with Crippen molar-refractivity contribution < 1.29 is 23.3 Å². The lowest BCUT2D eigenvalue weighted by molar-refractivity contribution is 0.0497. The summed E-state index contributed by atoms with van der Waals surface area (Å²) in [5.74, 6) is 2.22. The van der Waals surface area contributed by atoms with Gasteiger partial charge >= 0.3 is 0 Å². The number of nitrogens with one attached hydrogen (secondary N) is 1. The number of aldehydes is 1. The summed E-state index contributed by atoms with van der Waals surface area (Å²) in [7, 11) is 0. The molecule has 0 unspecified atom stereocenters. The van der Waals surface area contributed by atoms with Crippen molar-refractivity contribution >= 4 is 29.0 Å². The van der Waals surface area contributed by atoms with Crippen LogP contribution in [0, 0.1) is 13.8 Å². The van der Waals surface area contributed by atoms with Crippen LogP contribution in [0.2, 0.25) is 0 Å². The van der Waals surface area contributed by atoms with Crippen molar-refractivity contribution in [2.24, 2.45) is 5.73 Å². The van der Waals surface area contributed by atoms with Crippen molar-refractivity contribution in [1.82, 2.24) is 35.6 Å². The molecule has 65 heavy (non-hydrogen) atoms. The lowest BCUT2D eigenvalue weighted by atomic mass is 9.80. The molecule has 0 radical (unpaired) electrons. The number of aromatic nitrogens is 6. The van der Waals surface area contributed by atoms with E-state index in [0.717, 1.165) is 99.0 Å². The van der Waals surface area contributed by atoms with Crippen LogP contribution in [-0.4, -0.2) is 76.1 Å². The number of nitrogens with zero attached hydrogens (tertiary/aromatic N) is 6. The number of nitrogens with two attached hydrogens (primary N) is 1. The van der Waals surface area contributed by atoms with Crippen LogP contribution in [0.25, 0.3) is 45.3 Å². The Labute approximate surface area is 386 Å². The van der Waals surface area contributed by atoms with Gasteiger partial charge in [-0.15, -0.1) is 22.7 Å². The predicted octanol–water partition coefficient (Wildman–Crippen LogP) is 9.68. The SMILES string of the molecule is Cc1nc(-c2cccc(C=O)c2)no1.Cc1nc(-c2cccc(CNCC3(c4nc(-c5ccccc5)cs4)CCOCC3)c2)no1.NCC1(c2nc(-c3ccccc3)cs2)CCOCC1. The van der Waals surface area contributed by atoms with Crippen molar-refractivity contribution in [2.75, 3.05) is 39.5 Å². The summed E-state index contributed by atoms with van der Waals surface area (Å²) in [5.41, 5.74) is 14.0. The molecule has 0 aliphatic carbocycles. The summed E-state index contributed by atoms with van der Waals surface area (Å²) in [6.07, 6.45) is 4.70. The zero-order valence-electron chi connectivity index (χ0n) is 36.5. The first-order valence-corrected chi connectivity index (χ1v) is 23.5. The fourth-order valence-electron chi connectivity index (χ4n) is 7.86. The zero-order chi connectivity index (χ0) is 44.9. The van der Waals surface area contributed by atoms with Gasteiger partial charge in [0.2, 0.25) is 23.4 Å². The quantitative estimate of drug-likeness (QED) is 0.111. The number of benzene rings is 4. The Bertz CT molecular complexity index is 2720. The van der Waals surface area contributed by atoms with Gasteiger partial charge in [-0.25, -0.2) is 9.97 Å². The van der Waals surface area contributed by atoms with Crippen molar-refractivity contribution in [3.05, 3.63) is 153 Å². The van der Waals surface area contributed by atoms with Crippen LogP contribution >= 0.6 is 22.7 Å². The molecule has 334 valence electrons. The van der Waals surface area contributed by atoms with Crippen molar-refractivity contribution in [3.63, 3.8) is 0 Å². The summed E-state index contributed by atoms with van der Waals surface area (Å²) >= 11 is 3.49. The molecule has 8 aromatic rings. The molecule has 0 atom stereocenters. The second kappa shape index (κ2) is 21.7. The molecule has 6 heterocycles. The highest BCUT2D eigenvalue weighted by molar-refractivity contribution is 7.10. The van der Waals surface area contributed by atoms with Crippen LogP contribution in [0.15, 0.2) is 129 Å². The van der Waals surface area contributed by atoms with Crippen LogP contribution < -0.4 is 11.1 Å². The number of carbonyl (C=O) groups excluding carboxylic acids is 1. The second-order valence-electron chi connectivity index (χ2n) is 16.1. The summed E-state index contributed by atoms with van der Waals surface area (Å²) in [4.78, 5) is 28.8. The topological polar surface area (TPSA) is 177 Å². The first-order valence-electron chi connectivity index (χ1n) is 21.7. The van der Waals surface area contributed by atoms with Gasteiger partial charge in [0.1, 0.15) is 16.3 Å². The minimum Gasteiger partial charge on any atom is -0.381 e. The van der Waals surface area contributed by atoms with Crippen LogP contribution in [0.3, 0.4) is 0 Å². The third-order valence-corrected chi connectivity index (χ3v) is 13.8. The average molecular weight is 909 g/mol. The average Bonchev–Trinajstić information content (AvgIpc) is 4.23. The molecule has 4 aromatic heterocycles. The van der Waals surface area contributed by atoms with Crippen molar-refractivity contribution in [1.29, 1.82) is 0 Å². The van der Waals surface area contributed by atoms with Crippen LogP contribution in [0.5, 0.6) is 0 Å². The van der Waals surface area contributed by atoms with E-state index >= 15 is 0 Å². The number of carbonyl (C=O) groups is 1. The van der Waals surface area contributed by atoms with Gasteiger partial charge in [-0.3, -0.25) is 4.79 Å². The molecule has 2 aliphatic heterocycles. The Kier molecular flexibility index (Phi) is 15.2. The Morgan fingerprint density at radius 3 is 1.62 bits per heavy atom. The predicted molar refractivity (Wildman–Crippen MR) is 254 cm³/mol. The highest BCUT2D eigenvalue weighted by Crippen LogP contribution is 2.39. The van der Waals surface area contributed by atoms with E-state index in [1.165, 1.54) is 21.7 Å². The highest BCUT2D eigenvalue weighted by atomic mass is 32.1. The number of hydrogen-bond donors (Lipinski definition) is 2. The summed E-state index contributed by atoms with van der Waals surface area (Å²) in [6, 6.07) is 36.0. The van der Waals surface area contributed by atoms with E-state index < -0.39 is 0 Å². The number of hydrogen-bond acceptors (Lipinski definition) is 15. The van der Waals surface area contributed by atoms with Crippen molar-refractivity contribution in [3.8, 4) is 45.3 Å². The minimum atomic E-state index is -0.00165. The van der Waals surface area contributed by atoms with Gasteiger partial charge in [0.05, 0.1) is 11.4 Å². The number of rotatable bonds is 12. The Hall–Kier alpha value is -6.07. The molecular weight excluding hydrogens is 857 g/mol. The van der Waals surface area contributed by atoms with E-state index in [9.17, 15) is 4.79 Å². The summed E-state index contributed by atoms with van der Waals surface area (Å²) in [5, 5.41) is 18.2. The Morgan fingerprint density at radius 1 is 0.615 bits per heavy atom. The lowest BCUT2D eigenvalue weighted by Gasteiger charge is -2.35. The van der Waals surface area contributed by atoms with E-state index in [0.29, 0.717) is 35.5 Å². The standard InChI is InChI=1S/C25H26N4O2S.C15H18N2OS.C10H8N2O2/c1-18-27-23(29-31-18)21-9-5-6-19(14-21)15-26-17-25(10-12-30-13-11-25)24-28-22(16-32-24)20-7-3-2-4-8-20;16-11-15(6-8-18-9-7-15)14-17-13(10-19-14)12-4-2-1-3-5-12;1-7-11-10(12-14-7)9-4-2-3-8(5-9)6-13/h2-9,14,16,26H,10-13,15,17H2,1H3;1-5,10H,6-9,11,16H2;2-6H,1H3. The molecule has 2 saturated heterocycles. The van der Waals surface area contributed by atoms with Crippen LogP contribution in [-0.2, 0) is 26.8 Å². The van der Waals surface area contributed by atoms with Crippen molar-refractivity contribution in [2.45, 2.75) is 56.9 Å². The Morgan fingerprint density at radius 2 is 1.11 bits per heavy atom. The van der Waals surface area contributed by atoms with Gasteiger partial charge in [-0.05, 0) is 43.4 Å². The first-order chi connectivity index (χ1) is 31.8. The van der Waals surface area contributed by atoms with Gasteiger partial charge < -0.3 is 29.6 Å². The molecule has 10 rings (SSSR count). The molecule has 0 saturated carbocycles. The molecule has 0 bridgehead atoms. The monoisotopic (exact) mass is 908 g/mol. The first kappa shape index (κ1) is 45.5. The molecular formula is C50H52N8O5S2. The second-order valence-corrected chi connectivity index (χ2v) is 17.8. The summed E-state index contributed by atoms with van der Waals surface area (Å²) in [6.45, 7) is 8.93. The van der Waals surface area contributed by atoms with Gasteiger partial charge in [0.15, 0.2) is 0 Å². The van der Waals surface area contributed by atoms with Gasteiger partial charge in [0, 0.05) is 109 Å². The maximum atomic E-state index is 10.5. The van der Waals surface area contributed by atoms with Gasteiger partial charge in [0.25, 0.3) is 0 Å². The molecule has 0 amide bonds. The molecule has 0 spiro atoms. The van der Waals surface area contributed by atoms with E-state index in [-0.39, 0.29) is 10.8 Å². The molecule has 15 heteroatoms. The minimum absolute atomic E-state index is 0.00165. The van der Waals surface area contributed by atoms with E-state index in [1.54, 1.807) is 54.7 Å². The molecule has 13 nitrogen and oxygen atoms in total. The fourth-order valence-corrected chi connectivity index (χ4v) is 10.1. The maximum Gasteiger partial charge on any atom is 0.223 e. The normalized spacial score (nSPS) is 15.2. The van der Waals surface area contributed by atoms with E-state index in [4.69, 9.17) is 34.2 Å². The van der Waals surface area contributed by atoms with Gasteiger partial charge in [-0.2, -0.15) is 9.97 Å². The highest BCUT2D eigenvalue weighted by Gasteiger charge is 2.38. The third-order valence-electron chi connectivity index (χ3n) is 11.7. The fraction of sp³-hybridized carbons (Fsp3) is 0.300. The molecule has 3 N–H and O–H groups in total. The largest absolute Gasteiger partial charge is 0.381 e. The van der Waals surface area contributed by atoms with Crippen LogP contribution in [0.1, 0.15) is 63.4 Å². The zero-order valence-corrected chi connectivity index (χ0v) is 38.2. The Balaban J connectivity index is 0.000000147. The molecule has 2 aliphatic rings. The number of thiazole rings is 2. The van der Waals surface area contributed by atoms with E-state index in [2.05, 4.69) is 84.9 Å². The number of aryl methyl sites for hydroxylation is 2. The maximum absolute atomic E-state index is 10.5. The van der Waals surface area contributed by atoms with Crippen LogP contribution in [0.4, 0.5) is 0 Å². The third kappa shape index (κ3) is 11.4. The molecule has 4 aromatic carbocycles. The molecule has 2 fully saturated rings. The summed E-state index contributed by atoms with van der Waals surface area (Å²) < 4.78 is 21.1. The lowest BCUT2D eigenvalue weighted by Crippen LogP contribution is -2.42. The smallest absolute Gasteiger partial charge is 0.223 e.